The highest BCUT2D eigenvalue weighted by Gasteiger charge is 2.51. The minimum Gasteiger partial charge on any atom is -0.579 e. The lowest BCUT2D eigenvalue weighted by atomic mass is 9.76. The van der Waals surface area contributed by atoms with Gasteiger partial charge in [0.2, 0.25) is 0 Å². The number of hydrogen-bond donors (Lipinski definition) is 1. The van der Waals surface area contributed by atoms with Crippen LogP contribution in [0, 0.1) is 13.8 Å². The van der Waals surface area contributed by atoms with Crippen molar-refractivity contribution in [1.29, 1.82) is 0 Å². The van der Waals surface area contributed by atoms with Gasteiger partial charge in [0.15, 0.2) is 0 Å². The number of nitrogens with zero attached hydrogens (tertiary/aromatic N) is 1. The normalized spacial score (nSPS) is 20.7. The van der Waals surface area contributed by atoms with Crippen LogP contribution in [-0.2, 0) is 27.4 Å². The Morgan fingerprint density at radius 3 is 1.96 bits per heavy atom. The summed E-state index contributed by atoms with van der Waals surface area (Å²) in [6.07, 6.45) is 0. The molecule has 5 nitrogen and oxygen atoms in total. The van der Waals surface area contributed by atoms with E-state index in [1.807, 2.05) is 0 Å². The molecule has 134 valence electrons. The summed E-state index contributed by atoms with van der Waals surface area (Å²) < 4.78 is 28.8. The smallest absolute Gasteiger partial charge is 0.494 e. The lowest BCUT2D eigenvalue weighted by Gasteiger charge is -2.32. The third kappa shape index (κ3) is 3.98. The zero-order valence-corrected chi connectivity index (χ0v) is 16.8. The minimum absolute atomic E-state index is 0.345. The number of nitrogens with one attached hydrogen (secondary N) is 1. The third-order valence-electron chi connectivity index (χ3n) is 4.95. The molecule has 0 amide bonds. The highest BCUT2D eigenvalue weighted by molar-refractivity contribution is 7.87. The summed E-state index contributed by atoms with van der Waals surface area (Å²) >= 11 is -1.18. The van der Waals surface area contributed by atoms with Crippen molar-refractivity contribution in [2.75, 3.05) is 14.1 Å². The van der Waals surface area contributed by atoms with E-state index in [-0.39, 0.29) is 18.3 Å². The molecular weight excluding hydrogens is 323 g/mol. The zero-order chi connectivity index (χ0) is 18.3. The average molecular weight is 352 g/mol. The second-order valence-corrected chi connectivity index (χ2v) is 9.12. The number of benzene rings is 1. The molecule has 1 N–H and O–H groups in total. The molecule has 1 heterocycles. The first kappa shape index (κ1) is 19.8. The van der Waals surface area contributed by atoms with Gasteiger partial charge in [0.1, 0.15) is 11.5 Å². The monoisotopic (exact) mass is 352 g/mol. The van der Waals surface area contributed by atoms with Crippen LogP contribution in [0.25, 0.3) is 0 Å². The molecular formula is C17H29BN2O3S. The lowest BCUT2D eigenvalue weighted by molar-refractivity contribution is 0.00578. The second-order valence-electron chi connectivity index (χ2n) is 7.60. The Labute approximate surface area is 149 Å². The molecule has 0 spiro atoms. The molecule has 0 bridgehead atoms. The van der Waals surface area contributed by atoms with E-state index in [4.69, 9.17) is 9.31 Å². The number of hydrogen-bond acceptors (Lipinski definition) is 5. The highest BCUT2D eigenvalue weighted by Crippen LogP contribution is 2.36. The van der Waals surface area contributed by atoms with Crippen molar-refractivity contribution in [1.82, 2.24) is 9.03 Å². The van der Waals surface area contributed by atoms with Crippen molar-refractivity contribution in [2.45, 2.75) is 59.3 Å². The Bertz CT molecular complexity index is 568. The first-order valence-corrected chi connectivity index (χ1v) is 9.33. The summed E-state index contributed by atoms with van der Waals surface area (Å²) in [6.45, 7) is 12.9. The molecule has 1 fully saturated rings. The van der Waals surface area contributed by atoms with Crippen molar-refractivity contribution >= 4 is 24.1 Å². The molecule has 1 aliphatic heterocycles. The van der Waals surface area contributed by atoms with Crippen LogP contribution in [0.15, 0.2) is 12.1 Å². The van der Waals surface area contributed by atoms with Crippen LogP contribution < -0.4 is 10.2 Å². The summed E-state index contributed by atoms with van der Waals surface area (Å²) in [5.74, 6) is 0. The fourth-order valence-corrected chi connectivity index (χ4v) is 3.21. The fourth-order valence-electron chi connectivity index (χ4n) is 2.68. The number of rotatable bonds is 5. The van der Waals surface area contributed by atoms with Crippen molar-refractivity contribution in [3.05, 3.63) is 28.8 Å². The van der Waals surface area contributed by atoms with Gasteiger partial charge in [-0.3, -0.25) is 0 Å². The van der Waals surface area contributed by atoms with Crippen molar-refractivity contribution in [3.63, 3.8) is 0 Å². The van der Waals surface area contributed by atoms with Gasteiger partial charge < -0.3 is 13.9 Å². The van der Waals surface area contributed by atoms with Gasteiger partial charge in [0, 0.05) is 14.1 Å². The summed E-state index contributed by atoms with van der Waals surface area (Å²) in [5.41, 5.74) is 3.78. The molecule has 0 aliphatic carbocycles. The van der Waals surface area contributed by atoms with Crippen LogP contribution in [0.2, 0.25) is 0 Å². The summed E-state index contributed by atoms with van der Waals surface area (Å²) in [5, 5.41) is 0. The maximum absolute atomic E-state index is 11.8. The Balaban J connectivity index is 2.19. The predicted octanol–water partition coefficient (Wildman–Crippen LogP) is 1.83. The van der Waals surface area contributed by atoms with E-state index in [1.165, 1.54) is 0 Å². The van der Waals surface area contributed by atoms with Gasteiger partial charge in [-0.1, -0.05) is 12.1 Å². The maximum atomic E-state index is 11.8. The SMILES string of the molecule is Cc1cc(B2OC(C)(C)C(C)(C)O2)cc(C)c1CN[S+]([O-])N(C)C. The third-order valence-corrected chi connectivity index (χ3v) is 6.00. The van der Waals surface area contributed by atoms with E-state index in [9.17, 15) is 4.55 Å². The average Bonchev–Trinajstić information content (AvgIpc) is 2.66. The molecule has 1 atom stereocenters. The molecule has 1 saturated heterocycles. The molecule has 0 radical (unpaired) electrons. The van der Waals surface area contributed by atoms with E-state index < -0.39 is 11.5 Å². The molecule has 0 aromatic heterocycles. The van der Waals surface area contributed by atoms with Gasteiger partial charge in [0.25, 0.3) is 0 Å². The standard InChI is InChI=1S/C17H29BN2O3S/c1-12-9-14(18-22-16(3,4)17(5,6)23-18)10-13(2)15(12)11-19-24(21)20(7)8/h9-10,19H,11H2,1-8H3. The van der Waals surface area contributed by atoms with E-state index in [0.717, 1.165) is 22.2 Å². The lowest BCUT2D eigenvalue weighted by Crippen LogP contribution is -2.41. The zero-order valence-electron chi connectivity index (χ0n) is 16.0. The molecule has 2 rings (SSSR count). The van der Waals surface area contributed by atoms with E-state index in [0.29, 0.717) is 6.54 Å². The minimum atomic E-state index is -1.18. The van der Waals surface area contributed by atoms with Gasteiger partial charge in [-0.2, -0.15) is 0 Å². The quantitative estimate of drug-likeness (QED) is 0.647. The Hall–Kier alpha value is -0.565. The van der Waals surface area contributed by atoms with Crippen molar-refractivity contribution < 1.29 is 13.9 Å². The molecule has 0 saturated carbocycles. The molecule has 1 unspecified atom stereocenters. The first-order chi connectivity index (χ1) is 10.9. The number of aryl methyl sites for hydroxylation is 2. The molecule has 1 aromatic rings. The van der Waals surface area contributed by atoms with Crippen LogP contribution in [-0.4, -0.2) is 41.3 Å². The van der Waals surface area contributed by atoms with Gasteiger partial charge >= 0.3 is 7.12 Å². The molecule has 24 heavy (non-hydrogen) atoms. The van der Waals surface area contributed by atoms with Crippen LogP contribution in [0.1, 0.15) is 44.4 Å². The van der Waals surface area contributed by atoms with Crippen molar-refractivity contribution in [3.8, 4) is 0 Å². The van der Waals surface area contributed by atoms with Gasteiger partial charge in [-0.15, -0.1) is 9.03 Å². The molecule has 7 heteroatoms. The Kier molecular flexibility index (Phi) is 5.74. The maximum Gasteiger partial charge on any atom is 0.494 e. The van der Waals surface area contributed by atoms with Gasteiger partial charge in [-0.05, 0) is 63.7 Å². The Morgan fingerprint density at radius 1 is 1.08 bits per heavy atom. The van der Waals surface area contributed by atoms with E-state index in [2.05, 4.69) is 58.4 Å². The van der Waals surface area contributed by atoms with Crippen LogP contribution >= 0.6 is 0 Å². The first-order valence-electron chi connectivity index (χ1n) is 8.23. The summed E-state index contributed by atoms with van der Waals surface area (Å²) in [7, 11) is 3.21. The highest BCUT2D eigenvalue weighted by atomic mass is 32.2. The van der Waals surface area contributed by atoms with Crippen LogP contribution in [0.3, 0.4) is 0 Å². The van der Waals surface area contributed by atoms with Crippen LogP contribution in [0.5, 0.6) is 0 Å². The molecule has 1 aromatic carbocycles. The summed E-state index contributed by atoms with van der Waals surface area (Å²) in [6, 6.07) is 4.20. The Morgan fingerprint density at radius 2 is 1.54 bits per heavy atom. The predicted molar refractivity (Wildman–Crippen MR) is 100 cm³/mol. The molecule has 1 aliphatic rings. The van der Waals surface area contributed by atoms with E-state index in [1.54, 1.807) is 18.4 Å². The van der Waals surface area contributed by atoms with Crippen LogP contribution in [0.4, 0.5) is 0 Å². The van der Waals surface area contributed by atoms with Crippen molar-refractivity contribution in [2.24, 2.45) is 0 Å². The fraction of sp³-hybridized carbons (Fsp3) is 0.647. The second kappa shape index (κ2) is 6.98. The summed E-state index contributed by atoms with van der Waals surface area (Å²) in [4.78, 5) is 0. The topological polar surface area (TPSA) is 56.8 Å². The van der Waals surface area contributed by atoms with E-state index >= 15 is 0 Å². The van der Waals surface area contributed by atoms with Gasteiger partial charge in [-0.25, -0.2) is 0 Å². The largest absolute Gasteiger partial charge is 0.579 e. The van der Waals surface area contributed by atoms with Gasteiger partial charge in [0.05, 0.1) is 17.7 Å².